The molecule has 3 aromatic rings. The molecule has 0 saturated carbocycles. The first-order chi connectivity index (χ1) is 9.08. The number of aromatic nitrogens is 2. The molecule has 0 spiro atoms. The monoisotopic (exact) mass is 342 g/mol. The zero-order valence-corrected chi connectivity index (χ0v) is 11.7. The number of imidazole rings is 1. The molecular weight excluding hydrogens is 338 g/mol. The van der Waals surface area contributed by atoms with Gasteiger partial charge in [-0.15, -0.1) is 0 Å². The second kappa shape index (κ2) is 4.58. The van der Waals surface area contributed by atoms with E-state index in [0.717, 1.165) is 6.07 Å². The van der Waals surface area contributed by atoms with Crippen LogP contribution >= 0.6 is 27.5 Å². The first-order valence-corrected chi connectivity index (χ1v) is 6.53. The summed E-state index contributed by atoms with van der Waals surface area (Å²) in [5.41, 5.74) is 1.00. The number of fused-ring (bicyclic) bond motifs is 1. The number of hydrogen-bond acceptors (Lipinski definition) is 1. The third kappa shape index (κ3) is 2.03. The molecule has 2 aromatic carbocycles. The predicted octanol–water partition coefficient (Wildman–Crippen LogP) is 4.92. The van der Waals surface area contributed by atoms with Gasteiger partial charge in [0, 0.05) is 10.0 Å². The Balaban J connectivity index is 2.27. The fraction of sp³-hybridized carbons (Fsp3) is 0. The topological polar surface area (TPSA) is 28.7 Å². The second-order valence-corrected chi connectivity index (χ2v) is 5.18. The van der Waals surface area contributed by atoms with Crippen molar-refractivity contribution in [2.24, 2.45) is 0 Å². The van der Waals surface area contributed by atoms with Crippen LogP contribution in [0.25, 0.3) is 22.4 Å². The molecule has 0 atom stereocenters. The van der Waals surface area contributed by atoms with Gasteiger partial charge in [-0.1, -0.05) is 17.7 Å². The Hall–Kier alpha value is -1.46. The molecular formula is C13H6BrClF2N2. The van der Waals surface area contributed by atoms with Gasteiger partial charge in [0.1, 0.15) is 11.3 Å². The first-order valence-electron chi connectivity index (χ1n) is 5.36. The SMILES string of the molecule is Fc1ccc2[nH]c(-c3cccc(Br)c3Cl)nc2c1F. The van der Waals surface area contributed by atoms with Crippen molar-refractivity contribution in [3.05, 3.63) is 51.5 Å². The minimum absolute atomic E-state index is 0.0361. The minimum Gasteiger partial charge on any atom is -0.338 e. The average molecular weight is 344 g/mol. The largest absolute Gasteiger partial charge is 0.338 e. The van der Waals surface area contributed by atoms with Gasteiger partial charge < -0.3 is 4.98 Å². The number of H-pyrrole nitrogens is 1. The fourth-order valence-corrected chi connectivity index (χ4v) is 2.41. The van der Waals surface area contributed by atoms with Crippen LogP contribution in [-0.4, -0.2) is 9.97 Å². The Morgan fingerprint density at radius 2 is 1.95 bits per heavy atom. The van der Waals surface area contributed by atoms with Crippen molar-refractivity contribution in [2.45, 2.75) is 0 Å². The minimum atomic E-state index is -0.967. The van der Waals surface area contributed by atoms with Gasteiger partial charge in [-0.2, -0.15) is 0 Å². The number of nitrogens with one attached hydrogen (secondary N) is 1. The van der Waals surface area contributed by atoms with Crippen LogP contribution in [0.1, 0.15) is 0 Å². The molecule has 0 radical (unpaired) electrons. The zero-order valence-electron chi connectivity index (χ0n) is 9.35. The molecule has 0 saturated heterocycles. The molecule has 0 aliphatic rings. The quantitative estimate of drug-likeness (QED) is 0.667. The van der Waals surface area contributed by atoms with Crippen LogP contribution < -0.4 is 0 Å². The summed E-state index contributed by atoms with van der Waals surface area (Å²) in [7, 11) is 0. The Morgan fingerprint density at radius 3 is 2.74 bits per heavy atom. The van der Waals surface area contributed by atoms with Gasteiger partial charge in [-0.05, 0) is 40.2 Å². The summed E-state index contributed by atoms with van der Waals surface area (Å²) in [5, 5.41) is 0.461. The summed E-state index contributed by atoms with van der Waals surface area (Å²) < 4.78 is 27.5. The number of rotatable bonds is 1. The van der Waals surface area contributed by atoms with E-state index in [2.05, 4.69) is 25.9 Å². The molecule has 0 aliphatic carbocycles. The smallest absolute Gasteiger partial charge is 0.186 e. The van der Waals surface area contributed by atoms with Gasteiger partial charge in [0.2, 0.25) is 0 Å². The van der Waals surface area contributed by atoms with Crippen molar-refractivity contribution >= 4 is 38.6 Å². The predicted molar refractivity (Wildman–Crippen MR) is 74.2 cm³/mol. The normalized spacial score (nSPS) is 11.2. The molecule has 6 heteroatoms. The highest BCUT2D eigenvalue weighted by atomic mass is 79.9. The summed E-state index contributed by atoms with van der Waals surface area (Å²) >= 11 is 9.46. The lowest BCUT2D eigenvalue weighted by atomic mass is 10.2. The number of hydrogen-bond donors (Lipinski definition) is 1. The second-order valence-electron chi connectivity index (χ2n) is 3.94. The molecule has 19 heavy (non-hydrogen) atoms. The summed E-state index contributed by atoms with van der Waals surface area (Å²) in [6.07, 6.45) is 0. The maximum Gasteiger partial charge on any atom is 0.186 e. The molecule has 1 aromatic heterocycles. The Morgan fingerprint density at radius 1 is 1.16 bits per heavy atom. The molecule has 0 unspecified atom stereocenters. The van der Waals surface area contributed by atoms with Gasteiger partial charge in [0.05, 0.1) is 10.5 Å². The average Bonchev–Trinajstić information content (AvgIpc) is 2.82. The van der Waals surface area contributed by atoms with Crippen LogP contribution in [-0.2, 0) is 0 Å². The highest BCUT2D eigenvalue weighted by Crippen LogP contribution is 2.33. The molecule has 0 amide bonds. The van der Waals surface area contributed by atoms with Crippen LogP contribution in [0, 0.1) is 11.6 Å². The van der Waals surface area contributed by atoms with Gasteiger partial charge in [0.15, 0.2) is 11.6 Å². The standard InChI is InChI=1S/C13H6BrClF2N2/c14-7-3-1-2-6(10(7)15)13-18-9-5-4-8(16)11(17)12(9)19-13/h1-5H,(H,18,19). The molecule has 96 valence electrons. The summed E-state index contributed by atoms with van der Waals surface area (Å²) in [5.74, 6) is -1.50. The number of nitrogens with zero attached hydrogens (tertiary/aromatic N) is 1. The number of aromatic amines is 1. The summed E-state index contributed by atoms with van der Waals surface area (Å²) in [6.45, 7) is 0. The lowest BCUT2D eigenvalue weighted by molar-refractivity contribution is 0.515. The van der Waals surface area contributed by atoms with E-state index in [0.29, 0.717) is 26.4 Å². The third-order valence-corrected chi connectivity index (χ3v) is 4.05. The lowest BCUT2D eigenvalue weighted by Crippen LogP contribution is -1.85. The molecule has 2 nitrogen and oxygen atoms in total. The van der Waals surface area contributed by atoms with E-state index in [4.69, 9.17) is 11.6 Å². The van der Waals surface area contributed by atoms with Gasteiger partial charge in [-0.3, -0.25) is 0 Å². The fourth-order valence-electron chi connectivity index (χ4n) is 1.83. The van der Waals surface area contributed by atoms with E-state index in [9.17, 15) is 8.78 Å². The highest BCUT2D eigenvalue weighted by Gasteiger charge is 2.15. The van der Waals surface area contributed by atoms with Crippen LogP contribution in [0.15, 0.2) is 34.8 Å². The van der Waals surface area contributed by atoms with Gasteiger partial charge in [-0.25, -0.2) is 13.8 Å². The molecule has 1 N–H and O–H groups in total. The van der Waals surface area contributed by atoms with Gasteiger partial charge >= 0.3 is 0 Å². The van der Waals surface area contributed by atoms with Crippen molar-refractivity contribution < 1.29 is 8.78 Å². The molecule has 3 rings (SSSR count). The van der Waals surface area contributed by atoms with E-state index in [1.54, 1.807) is 18.2 Å². The zero-order chi connectivity index (χ0) is 13.6. The number of benzene rings is 2. The third-order valence-electron chi connectivity index (χ3n) is 2.75. The van der Waals surface area contributed by atoms with E-state index in [-0.39, 0.29) is 5.52 Å². The molecule has 1 heterocycles. The van der Waals surface area contributed by atoms with Crippen LogP contribution in [0.4, 0.5) is 8.78 Å². The Labute approximate surface area is 120 Å². The van der Waals surface area contributed by atoms with E-state index >= 15 is 0 Å². The Kier molecular flexibility index (Phi) is 3.03. The summed E-state index contributed by atoms with van der Waals surface area (Å²) in [4.78, 5) is 6.99. The lowest BCUT2D eigenvalue weighted by Gasteiger charge is -2.01. The molecule has 0 fully saturated rings. The van der Waals surface area contributed by atoms with E-state index in [1.165, 1.54) is 6.07 Å². The van der Waals surface area contributed by atoms with Crippen molar-refractivity contribution in [2.75, 3.05) is 0 Å². The van der Waals surface area contributed by atoms with Gasteiger partial charge in [0.25, 0.3) is 0 Å². The van der Waals surface area contributed by atoms with Crippen molar-refractivity contribution in [3.63, 3.8) is 0 Å². The maximum atomic E-state index is 13.6. The van der Waals surface area contributed by atoms with Crippen LogP contribution in [0.3, 0.4) is 0 Å². The van der Waals surface area contributed by atoms with E-state index in [1.807, 2.05) is 0 Å². The van der Waals surface area contributed by atoms with E-state index < -0.39 is 11.6 Å². The van der Waals surface area contributed by atoms with Crippen molar-refractivity contribution in [1.29, 1.82) is 0 Å². The number of halogens is 4. The van der Waals surface area contributed by atoms with Crippen molar-refractivity contribution in [3.8, 4) is 11.4 Å². The molecule has 0 aliphatic heterocycles. The molecule has 0 bridgehead atoms. The Bertz CT molecular complexity index is 786. The maximum absolute atomic E-state index is 13.6. The summed E-state index contributed by atoms with van der Waals surface area (Å²) in [6, 6.07) is 7.82. The first kappa shape index (κ1) is 12.6. The van der Waals surface area contributed by atoms with Crippen LogP contribution in [0.2, 0.25) is 5.02 Å². The highest BCUT2D eigenvalue weighted by molar-refractivity contribution is 9.10. The van der Waals surface area contributed by atoms with Crippen LogP contribution in [0.5, 0.6) is 0 Å². The van der Waals surface area contributed by atoms with Crippen molar-refractivity contribution in [1.82, 2.24) is 9.97 Å².